The summed E-state index contributed by atoms with van der Waals surface area (Å²) in [6, 6.07) is 12.6. The minimum absolute atomic E-state index is 0.577. The zero-order chi connectivity index (χ0) is 20.4. The Balaban J connectivity index is 1.75. The first-order chi connectivity index (χ1) is 14.1. The number of piperidine rings is 1. The molecule has 1 fully saturated rings. The van der Waals surface area contributed by atoms with Gasteiger partial charge in [-0.2, -0.15) is 0 Å². The van der Waals surface area contributed by atoms with Gasteiger partial charge in [-0.05, 0) is 71.2 Å². The number of nitrogens with zero attached hydrogens (tertiary/aromatic N) is 4. The lowest BCUT2D eigenvalue weighted by Crippen LogP contribution is -2.41. The molecule has 29 heavy (non-hydrogen) atoms. The van der Waals surface area contributed by atoms with Gasteiger partial charge >= 0.3 is 0 Å². The molecule has 0 atom stereocenters. The minimum atomic E-state index is 0.577. The van der Waals surface area contributed by atoms with Gasteiger partial charge in [-0.25, -0.2) is 4.98 Å². The fourth-order valence-electron chi connectivity index (χ4n) is 4.22. The van der Waals surface area contributed by atoms with Crippen LogP contribution in [0.4, 0.5) is 5.69 Å². The molecule has 0 bridgehead atoms. The van der Waals surface area contributed by atoms with E-state index in [0.29, 0.717) is 12.6 Å². The highest BCUT2D eigenvalue weighted by Crippen LogP contribution is 2.33. The van der Waals surface area contributed by atoms with Crippen LogP contribution >= 0.6 is 0 Å². The van der Waals surface area contributed by atoms with Crippen molar-refractivity contribution in [1.82, 2.24) is 19.2 Å². The number of fused-ring (bicyclic) bond motifs is 1. The molecule has 3 heterocycles. The average Bonchev–Trinajstić information content (AvgIpc) is 3.06. The van der Waals surface area contributed by atoms with Gasteiger partial charge in [0, 0.05) is 30.0 Å². The fourth-order valence-corrected chi connectivity index (χ4v) is 4.22. The van der Waals surface area contributed by atoms with E-state index in [-0.39, 0.29) is 0 Å². The Morgan fingerprint density at radius 3 is 2.69 bits per heavy atom. The maximum Gasteiger partial charge on any atom is 0.137 e. The summed E-state index contributed by atoms with van der Waals surface area (Å²) in [4.78, 5) is 9.84. The van der Waals surface area contributed by atoms with Gasteiger partial charge in [0.25, 0.3) is 0 Å². The van der Waals surface area contributed by atoms with Crippen molar-refractivity contribution < 1.29 is 4.74 Å². The van der Waals surface area contributed by atoms with Crippen molar-refractivity contribution in [3.05, 3.63) is 48.3 Å². The number of rotatable bonds is 6. The van der Waals surface area contributed by atoms with E-state index in [1.807, 2.05) is 43.5 Å². The topological polar surface area (TPSA) is 59.0 Å². The largest absolute Gasteiger partial charge is 0.493 e. The van der Waals surface area contributed by atoms with Crippen LogP contribution in [0.25, 0.3) is 16.9 Å². The second-order valence-corrected chi connectivity index (χ2v) is 7.98. The molecule has 2 N–H and O–H groups in total. The van der Waals surface area contributed by atoms with Crippen LogP contribution in [-0.2, 0) is 6.54 Å². The number of nitrogens with two attached hydrogens (primary N) is 1. The Bertz CT molecular complexity index is 975. The first-order valence-electron chi connectivity index (χ1n) is 10.4. The number of para-hydroxylation sites is 1. The lowest BCUT2D eigenvalue weighted by atomic mass is 10.0. The smallest absolute Gasteiger partial charge is 0.137 e. The number of hydrogen-bond donors (Lipinski definition) is 1. The second-order valence-electron chi connectivity index (χ2n) is 7.98. The number of aromatic nitrogens is 2. The molecule has 2 aromatic heterocycles. The summed E-state index contributed by atoms with van der Waals surface area (Å²) in [5.41, 5.74) is 10.9. The summed E-state index contributed by atoms with van der Waals surface area (Å²) in [5, 5.41) is 0. The molecule has 0 saturated carbocycles. The average molecular weight is 394 g/mol. The molecule has 1 aromatic carbocycles. The highest BCUT2D eigenvalue weighted by molar-refractivity contribution is 5.72. The van der Waals surface area contributed by atoms with Crippen LogP contribution in [-0.4, -0.2) is 59.0 Å². The van der Waals surface area contributed by atoms with Crippen molar-refractivity contribution in [1.29, 1.82) is 0 Å². The van der Waals surface area contributed by atoms with Crippen LogP contribution in [0.3, 0.4) is 0 Å². The SMILES string of the molecule is CCOc1ccccc1-c1nc2ccc(N)cn2c1CN(C)C1CCN(C)CC1. The molecule has 0 unspecified atom stereocenters. The lowest BCUT2D eigenvalue weighted by molar-refractivity contribution is 0.138. The van der Waals surface area contributed by atoms with E-state index < -0.39 is 0 Å². The number of ether oxygens (including phenoxy) is 1. The standard InChI is InChI=1S/C23H31N5O/c1-4-29-21-8-6-5-7-19(21)23-20(28-15-17(24)9-10-22(28)25-23)16-27(3)18-11-13-26(2)14-12-18/h5-10,15,18H,4,11-14,16,24H2,1-3H3. The van der Waals surface area contributed by atoms with Crippen molar-refractivity contribution in [2.24, 2.45) is 0 Å². The first kappa shape index (κ1) is 19.7. The molecule has 0 spiro atoms. The summed E-state index contributed by atoms with van der Waals surface area (Å²) >= 11 is 0. The molecule has 1 aliphatic rings. The van der Waals surface area contributed by atoms with Crippen LogP contribution in [0, 0.1) is 0 Å². The van der Waals surface area contributed by atoms with Crippen molar-refractivity contribution in [2.75, 3.05) is 39.5 Å². The maximum absolute atomic E-state index is 6.11. The van der Waals surface area contributed by atoms with E-state index >= 15 is 0 Å². The predicted molar refractivity (Wildman–Crippen MR) is 118 cm³/mol. The van der Waals surface area contributed by atoms with Gasteiger partial charge in [-0.1, -0.05) is 12.1 Å². The number of nitrogen functional groups attached to an aromatic ring is 1. The Morgan fingerprint density at radius 1 is 1.17 bits per heavy atom. The van der Waals surface area contributed by atoms with Gasteiger partial charge in [0.15, 0.2) is 0 Å². The van der Waals surface area contributed by atoms with Crippen molar-refractivity contribution >= 4 is 11.3 Å². The number of benzene rings is 1. The van der Waals surface area contributed by atoms with Gasteiger partial charge in [0.1, 0.15) is 11.4 Å². The number of hydrogen-bond acceptors (Lipinski definition) is 5. The third-order valence-corrected chi connectivity index (χ3v) is 5.89. The molecule has 0 aliphatic carbocycles. The van der Waals surface area contributed by atoms with E-state index in [1.54, 1.807) is 0 Å². The normalized spacial score (nSPS) is 16.0. The van der Waals surface area contributed by atoms with Gasteiger partial charge in [-0.3, -0.25) is 4.90 Å². The molecular weight excluding hydrogens is 362 g/mol. The molecule has 154 valence electrons. The van der Waals surface area contributed by atoms with Crippen LogP contribution in [0.15, 0.2) is 42.6 Å². The zero-order valence-electron chi connectivity index (χ0n) is 17.6. The third kappa shape index (κ3) is 4.09. The van der Waals surface area contributed by atoms with Gasteiger partial charge < -0.3 is 19.8 Å². The molecule has 0 amide bonds. The van der Waals surface area contributed by atoms with Crippen LogP contribution in [0.5, 0.6) is 5.75 Å². The quantitative estimate of drug-likeness (QED) is 0.694. The number of anilines is 1. The Labute approximate surface area is 172 Å². The van der Waals surface area contributed by atoms with E-state index in [2.05, 4.69) is 34.4 Å². The van der Waals surface area contributed by atoms with Crippen molar-refractivity contribution in [2.45, 2.75) is 32.4 Å². The van der Waals surface area contributed by atoms with Crippen molar-refractivity contribution in [3.8, 4) is 17.0 Å². The second kappa shape index (κ2) is 8.43. The summed E-state index contributed by atoms with van der Waals surface area (Å²) in [5.74, 6) is 0.870. The fraction of sp³-hybridized carbons (Fsp3) is 0.435. The van der Waals surface area contributed by atoms with Gasteiger partial charge in [-0.15, -0.1) is 0 Å². The number of imidazole rings is 1. The van der Waals surface area contributed by atoms with E-state index in [0.717, 1.165) is 53.7 Å². The van der Waals surface area contributed by atoms with Crippen LogP contribution in [0.2, 0.25) is 0 Å². The summed E-state index contributed by atoms with van der Waals surface area (Å²) in [6.07, 6.45) is 4.36. The molecule has 3 aromatic rings. The first-order valence-corrected chi connectivity index (χ1v) is 10.4. The third-order valence-electron chi connectivity index (χ3n) is 5.89. The minimum Gasteiger partial charge on any atom is -0.493 e. The van der Waals surface area contributed by atoms with Crippen LogP contribution in [0.1, 0.15) is 25.5 Å². The predicted octanol–water partition coefficient (Wildman–Crippen LogP) is 3.51. The van der Waals surface area contributed by atoms with E-state index in [4.69, 9.17) is 15.5 Å². The highest BCUT2D eigenvalue weighted by Gasteiger charge is 2.24. The molecule has 0 radical (unpaired) electrons. The van der Waals surface area contributed by atoms with Crippen molar-refractivity contribution in [3.63, 3.8) is 0 Å². The zero-order valence-corrected chi connectivity index (χ0v) is 17.6. The molecule has 1 aliphatic heterocycles. The molecule has 1 saturated heterocycles. The van der Waals surface area contributed by atoms with Crippen LogP contribution < -0.4 is 10.5 Å². The maximum atomic E-state index is 6.11. The Kier molecular flexibility index (Phi) is 5.74. The summed E-state index contributed by atoms with van der Waals surface area (Å²) < 4.78 is 8.04. The van der Waals surface area contributed by atoms with E-state index in [1.165, 1.54) is 12.8 Å². The molecular formula is C23H31N5O. The Hall–Kier alpha value is -2.57. The molecule has 6 heteroatoms. The number of pyridine rings is 1. The van der Waals surface area contributed by atoms with Gasteiger partial charge in [0.2, 0.25) is 0 Å². The molecule has 6 nitrogen and oxygen atoms in total. The lowest BCUT2D eigenvalue weighted by Gasteiger charge is -2.35. The summed E-state index contributed by atoms with van der Waals surface area (Å²) in [6.45, 7) is 5.75. The molecule has 4 rings (SSSR count). The van der Waals surface area contributed by atoms with Gasteiger partial charge in [0.05, 0.1) is 18.0 Å². The monoisotopic (exact) mass is 393 g/mol. The Morgan fingerprint density at radius 2 is 1.93 bits per heavy atom. The van der Waals surface area contributed by atoms with E-state index in [9.17, 15) is 0 Å². The highest BCUT2D eigenvalue weighted by atomic mass is 16.5. The number of likely N-dealkylation sites (tertiary alicyclic amines) is 1. The summed E-state index contributed by atoms with van der Waals surface area (Å²) in [7, 11) is 4.42.